The van der Waals surface area contributed by atoms with Crippen molar-refractivity contribution < 1.29 is 37.0 Å². The van der Waals surface area contributed by atoms with Crippen molar-refractivity contribution in [2.75, 3.05) is 51.2 Å². The zero-order valence-electron chi connectivity index (χ0n) is 25.4. The first-order valence-electron chi connectivity index (χ1n) is 13.9. The lowest BCUT2D eigenvalue weighted by molar-refractivity contribution is -0.114. The highest BCUT2D eigenvalue weighted by Crippen LogP contribution is 2.37. The molecular weight excluding hydrogens is 598 g/mol. The number of hydrogen-bond acceptors (Lipinski definition) is 8. The Kier molecular flexibility index (Phi) is 10.9. The number of carbonyl (C=O) groups excluding carboxylic acids is 2. The molecule has 236 valence electrons. The van der Waals surface area contributed by atoms with Crippen LogP contribution in [0.15, 0.2) is 95.9 Å². The molecule has 0 saturated heterocycles. The molecule has 0 aromatic heterocycles. The van der Waals surface area contributed by atoms with E-state index in [9.17, 15) is 18.0 Å². The fraction of sp³-hybridized carbons (Fsp3) is 0.212. The van der Waals surface area contributed by atoms with E-state index in [-0.39, 0.29) is 39.2 Å². The summed E-state index contributed by atoms with van der Waals surface area (Å²) < 4.78 is 50.6. The van der Waals surface area contributed by atoms with Gasteiger partial charge in [0.05, 0.1) is 50.3 Å². The number of methoxy groups -OCH3 is 4. The summed E-state index contributed by atoms with van der Waals surface area (Å²) >= 11 is 0. The van der Waals surface area contributed by atoms with Crippen molar-refractivity contribution in [1.82, 2.24) is 5.32 Å². The molecule has 0 aliphatic heterocycles. The monoisotopic (exact) mass is 633 g/mol. The number of carbonyl (C=O) groups is 2. The standard InChI is InChI=1S/C33H35N3O8S/c1-41-24-14-16-29(42-2)28(20-24)36(45(39,40)25-15-17-30(43-3)31(21-25)44-4)22-32(37)35-27-13-9-8-12-26(27)33(38)34-19-18-23-10-6-5-7-11-23/h5-17,20-21H,18-19,22H2,1-4H3,(H,34,38)(H,35,37). The molecule has 0 unspecified atom stereocenters. The van der Waals surface area contributed by atoms with Gasteiger partial charge in [-0.2, -0.15) is 0 Å². The van der Waals surface area contributed by atoms with Crippen molar-refractivity contribution in [3.8, 4) is 23.0 Å². The Morgan fingerprint density at radius 1 is 0.733 bits per heavy atom. The van der Waals surface area contributed by atoms with Gasteiger partial charge in [0.2, 0.25) is 5.91 Å². The SMILES string of the molecule is COc1ccc(OC)c(N(CC(=O)Nc2ccccc2C(=O)NCCc2ccccc2)S(=O)(=O)c2ccc(OC)c(OC)c2)c1. The van der Waals surface area contributed by atoms with Crippen molar-refractivity contribution in [2.45, 2.75) is 11.3 Å². The average molecular weight is 634 g/mol. The molecule has 45 heavy (non-hydrogen) atoms. The molecule has 0 radical (unpaired) electrons. The first kappa shape index (κ1) is 32.7. The summed E-state index contributed by atoms with van der Waals surface area (Å²) in [4.78, 5) is 26.5. The molecule has 0 heterocycles. The highest BCUT2D eigenvalue weighted by Gasteiger charge is 2.31. The second-order valence-corrected chi connectivity index (χ2v) is 11.5. The van der Waals surface area contributed by atoms with Crippen molar-refractivity contribution >= 4 is 33.2 Å². The van der Waals surface area contributed by atoms with Crippen LogP contribution in [0, 0.1) is 0 Å². The smallest absolute Gasteiger partial charge is 0.265 e. The lowest BCUT2D eigenvalue weighted by atomic mass is 10.1. The van der Waals surface area contributed by atoms with Gasteiger partial charge in [-0.1, -0.05) is 42.5 Å². The fourth-order valence-corrected chi connectivity index (χ4v) is 6.01. The van der Waals surface area contributed by atoms with E-state index in [0.717, 1.165) is 9.87 Å². The van der Waals surface area contributed by atoms with Gasteiger partial charge in [0.25, 0.3) is 15.9 Å². The van der Waals surface area contributed by atoms with E-state index in [1.165, 1.54) is 58.8 Å². The molecule has 0 aliphatic rings. The quantitative estimate of drug-likeness (QED) is 0.207. The van der Waals surface area contributed by atoms with Gasteiger partial charge in [0.1, 0.15) is 18.0 Å². The van der Waals surface area contributed by atoms with Crippen LogP contribution in [0.1, 0.15) is 15.9 Å². The predicted molar refractivity (Wildman–Crippen MR) is 171 cm³/mol. The largest absolute Gasteiger partial charge is 0.497 e. The first-order chi connectivity index (χ1) is 21.7. The zero-order chi connectivity index (χ0) is 32.4. The van der Waals surface area contributed by atoms with Gasteiger partial charge < -0.3 is 29.6 Å². The minimum Gasteiger partial charge on any atom is -0.497 e. The summed E-state index contributed by atoms with van der Waals surface area (Å²) in [5, 5.41) is 5.58. The van der Waals surface area contributed by atoms with Gasteiger partial charge in [-0.25, -0.2) is 8.42 Å². The van der Waals surface area contributed by atoms with Crippen molar-refractivity contribution in [3.05, 3.63) is 102 Å². The molecule has 2 N–H and O–H groups in total. The summed E-state index contributed by atoms with van der Waals surface area (Å²) in [5.41, 5.74) is 1.59. The molecule has 0 aliphatic carbocycles. The summed E-state index contributed by atoms with van der Waals surface area (Å²) in [6.45, 7) is -0.276. The summed E-state index contributed by atoms with van der Waals surface area (Å²) in [6.07, 6.45) is 0.631. The second-order valence-electron chi connectivity index (χ2n) is 9.65. The number of anilines is 2. The van der Waals surface area contributed by atoms with Crippen molar-refractivity contribution in [3.63, 3.8) is 0 Å². The van der Waals surface area contributed by atoms with Gasteiger partial charge in [-0.3, -0.25) is 13.9 Å². The Morgan fingerprint density at radius 2 is 1.40 bits per heavy atom. The topological polar surface area (TPSA) is 132 Å². The lowest BCUT2D eigenvalue weighted by Gasteiger charge is -2.26. The van der Waals surface area contributed by atoms with Crippen molar-refractivity contribution in [1.29, 1.82) is 0 Å². The maximum absolute atomic E-state index is 14.2. The molecule has 4 aromatic carbocycles. The molecule has 0 fully saturated rings. The number of amides is 2. The molecule has 11 nitrogen and oxygen atoms in total. The molecule has 4 aromatic rings. The van der Waals surface area contributed by atoms with Crippen LogP contribution in [0.5, 0.6) is 23.0 Å². The first-order valence-corrected chi connectivity index (χ1v) is 15.3. The number of hydrogen-bond donors (Lipinski definition) is 2. The number of ether oxygens (including phenoxy) is 4. The number of nitrogens with zero attached hydrogens (tertiary/aromatic N) is 1. The normalized spacial score (nSPS) is 10.8. The summed E-state index contributed by atoms with van der Waals surface area (Å²) in [5.74, 6) is -0.0345. The predicted octanol–water partition coefficient (Wildman–Crippen LogP) is 4.53. The van der Waals surface area contributed by atoms with E-state index in [2.05, 4.69) is 10.6 Å². The zero-order valence-corrected chi connectivity index (χ0v) is 26.2. The fourth-order valence-electron chi connectivity index (χ4n) is 4.57. The summed E-state index contributed by atoms with van der Waals surface area (Å²) in [7, 11) is 1.25. The van der Waals surface area contributed by atoms with Gasteiger partial charge in [-0.05, 0) is 48.4 Å². The van der Waals surface area contributed by atoms with Crippen LogP contribution in [0.2, 0.25) is 0 Å². The van der Waals surface area contributed by atoms with Crippen LogP contribution in [-0.4, -0.2) is 61.8 Å². The van der Waals surface area contributed by atoms with Crippen LogP contribution in [0.25, 0.3) is 0 Å². The number of sulfonamides is 1. The van der Waals surface area contributed by atoms with Gasteiger partial charge in [-0.15, -0.1) is 0 Å². The number of nitrogens with one attached hydrogen (secondary N) is 2. The second kappa shape index (κ2) is 15.0. The van der Waals surface area contributed by atoms with Gasteiger partial charge in [0, 0.05) is 18.7 Å². The van der Waals surface area contributed by atoms with Crippen LogP contribution >= 0.6 is 0 Å². The van der Waals surface area contributed by atoms with E-state index in [0.29, 0.717) is 24.5 Å². The molecule has 0 atom stereocenters. The molecule has 0 spiro atoms. The third-order valence-electron chi connectivity index (χ3n) is 6.87. The van der Waals surface area contributed by atoms with Crippen LogP contribution in [-0.2, 0) is 21.2 Å². The van der Waals surface area contributed by atoms with Gasteiger partial charge >= 0.3 is 0 Å². The number of benzene rings is 4. The van der Waals surface area contributed by atoms with E-state index in [1.807, 2.05) is 30.3 Å². The van der Waals surface area contributed by atoms with Crippen LogP contribution in [0.3, 0.4) is 0 Å². The van der Waals surface area contributed by atoms with Crippen LogP contribution < -0.4 is 33.9 Å². The lowest BCUT2D eigenvalue weighted by Crippen LogP contribution is -2.38. The highest BCUT2D eigenvalue weighted by atomic mass is 32.2. The van der Waals surface area contributed by atoms with E-state index < -0.39 is 22.5 Å². The molecule has 12 heteroatoms. The Morgan fingerprint density at radius 3 is 2.09 bits per heavy atom. The maximum atomic E-state index is 14.2. The van der Waals surface area contributed by atoms with Crippen LogP contribution in [0.4, 0.5) is 11.4 Å². The Bertz CT molecular complexity index is 1750. The number of para-hydroxylation sites is 1. The third kappa shape index (κ3) is 7.84. The van der Waals surface area contributed by atoms with E-state index in [4.69, 9.17) is 18.9 Å². The summed E-state index contributed by atoms with van der Waals surface area (Å²) in [6, 6.07) is 24.9. The molecular formula is C33H35N3O8S. The average Bonchev–Trinajstić information content (AvgIpc) is 3.07. The minimum absolute atomic E-state index is 0.0636. The third-order valence-corrected chi connectivity index (χ3v) is 8.63. The van der Waals surface area contributed by atoms with E-state index >= 15 is 0 Å². The molecule has 4 rings (SSSR count). The molecule has 2 amide bonds. The minimum atomic E-state index is -4.40. The van der Waals surface area contributed by atoms with Gasteiger partial charge in [0.15, 0.2) is 11.5 Å². The maximum Gasteiger partial charge on any atom is 0.265 e. The highest BCUT2D eigenvalue weighted by molar-refractivity contribution is 7.92. The molecule has 0 bridgehead atoms. The Balaban J connectivity index is 1.64. The number of rotatable bonds is 14. The van der Waals surface area contributed by atoms with Crippen molar-refractivity contribution in [2.24, 2.45) is 0 Å². The van der Waals surface area contributed by atoms with E-state index in [1.54, 1.807) is 30.3 Å². The Labute approximate surface area is 262 Å². The Hall–Kier alpha value is -5.23. The molecule has 0 saturated carbocycles.